The Bertz CT molecular complexity index is 471. The molecule has 0 amide bonds. The highest BCUT2D eigenvalue weighted by Gasteiger charge is 2.66. The van der Waals surface area contributed by atoms with E-state index in [1.54, 1.807) is 6.92 Å². The summed E-state index contributed by atoms with van der Waals surface area (Å²) in [5, 5.41) is 10.7. The Hall–Kier alpha value is -1.16. The van der Waals surface area contributed by atoms with Gasteiger partial charge in [0, 0.05) is 17.9 Å². The first-order chi connectivity index (χ1) is 8.80. The molecule has 19 heavy (non-hydrogen) atoms. The molecule has 0 aliphatic heterocycles. The first-order valence-corrected chi connectivity index (χ1v) is 6.89. The second kappa shape index (κ2) is 3.69. The van der Waals surface area contributed by atoms with Crippen molar-refractivity contribution in [3.63, 3.8) is 0 Å². The van der Waals surface area contributed by atoms with Crippen LogP contribution in [0.1, 0.15) is 45.4 Å². The van der Waals surface area contributed by atoms with Gasteiger partial charge in [-0.3, -0.25) is 4.79 Å². The summed E-state index contributed by atoms with van der Waals surface area (Å²) in [4.78, 5) is 23.6. The van der Waals surface area contributed by atoms with Crippen LogP contribution >= 0.6 is 0 Å². The Labute approximate surface area is 112 Å². The molecule has 4 aliphatic carbocycles. The highest BCUT2D eigenvalue weighted by atomic mass is 16.6. The van der Waals surface area contributed by atoms with Crippen molar-refractivity contribution in [1.29, 1.82) is 0 Å². The summed E-state index contributed by atoms with van der Waals surface area (Å²) >= 11 is 0. The molecule has 0 saturated heterocycles. The van der Waals surface area contributed by atoms with Crippen molar-refractivity contribution in [3.8, 4) is 0 Å². The molecule has 4 rings (SSSR count). The molecule has 1 N–H and O–H groups in total. The van der Waals surface area contributed by atoms with Gasteiger partial charge in [-0.15, -0.1) is 0 Å². The minimum atomic E-state index is -0.841. The van der Waals surface area contributed by atoms with Crippen LogP contribution in [-0.4, -0.2) is 28.1 Å². The number of carbonyl (C=O) groups excluding carboxylic acids is 2. The van der Waals surface area contributed by atoms with Crippen molar-refractivity contribution in [2.45, 2.75) is 56.7 Å². The molecular formula is C15H20O4. The van der Waals surface area contributed by atoms with E-state index in [9.17, 15) is 14.7 Å². The van der Waals surface area contributed by atoms with Crippen LogP contribution in [0.3, 0.4) is 0 Å². The lowest BCUT2D eigenvalue weighted by molar-refractivity contribution is -0.237. The van der Waals surface area contributed by atoms with Crippen LogP contribution in [0.25, 0.3) is 0 Å². The van der Waals surface area contributed by atoms with Gasteiger partial charge in [-0.2, -0.15) is 0 Å². The van der Waals surface area contributed by atoms with Gasteiger partial charge in [-0.1, -0.05) is 6.58 Å². The van der Waals surface area contributed by atoms with Crippen LogP contribution < -0.4 is 0 Å². The van der Waals surface area contributed by atoms with Crippen LogP contribution in [0.2, 0.25) is 0 Å². The average Bonchev–Trinajstić information content (AvgIpc) is 2.24. The Balaban J connectivity index is 1.98. The van der Waals surface area contributed by atoms with Crippen LogP contribution in [0.15, 0.2) is 12.7 Å². The standard InChI is InChI=1S/C15H20O4/c1-3-12(17)19-15-6-11-4-13(8-15,10(2)16)7-14(18,5-11)9-15/h3,11,18H,1,4-9H2,2H3. The van der Waals surface area contributed by atoms with Crippen LogP contribution in [-0.2, 0) is 14.3 Å². The Morgan fingerprint density at radius 1 is 1.26 bits per heavy atom. The van der Waals surface area contributed by atoms with Crippen molar-refractivity contribution in [3.05, 3.63) is 12.7 Å². The molecule has 0 aromatic carbocycles. The number of ether oxygens (including phenoxy) is 1. The molecule has 4 heteroatoms. The average molecular weight is 264 g/mol. The van der Waals surface area contributed by atoms with E-state index in [1.807, 2.05) is 0 Å². The van der Waals surface area contributed by atoms with Gasteiger partial charge in [-0.05, 0) is 44.9 Å². The van der Waals surface area contributed by atoms with Gasteiger partial charge < -0.3 is 9.84 Å². The fourth-order valence-corrected chi connectivity index (χ4v) is 5.06. The van der Waals surface area contributed by atoms with Gasteiger partial charge in [0.05, 0.1) is 5.60 Å². The van der Waals surface area contributed by atoms with Crippen LogP contribution in [0, 0.1) is 11.3 Å². The van der Waals surface area contributed by atoms with Crippen LogP contribution in [0.5, 0.6) is 0 Å². The predicted octanol–water partition coefficient (Wildman–Crippen LogP) is 1.76. The molecule has 4 bridgehead atoms. The smallest absolute Gasteiger partial charge is 0.330 e. The molecular weight excluding hydrogens is 244 g/mol. The number of hydrogen-bond donors (Lipinski definition) is 1. The minimum Gasteiger partial charge on any atom is -0.456 e. The normalized spacial score (nSPS) is 46.9. The van der Waals surface area contributed by atoms with Gasteiger partial charge in [0.2, 0.25) is 0 Å². The highest BCUT2D eigenvalue weighted by Crippen LogP contribution is 2.64. The third kappa shape index (κ3) is 1.84. The molecule has 0 heterocycles. The van der Waals surface area contributed by atoms with Crippen molar-refractivity contribution < 1.29 is 19.4 Å². The van der Waals surface area contributed by atoms with E-state index >= 15 is 0 Å². The summed E-state index contributed by atoms with van der Waals surface area (Å²) in [7, 11) is 0. The van der Waals surface area contributed by atoms with Gasteiger partial charge in [0.1, 0.15) is 11.4 Å². The zero-order valence-electron chi connectivity index (χ0n) is 11.3. The molecule has 4 fully saturated rings. The van der Waals surface area contributed by atoms with Gasteiger partial charge in [-0.25, -0.2) is 4.79 Å². The Kier molecular flexibility index (Phi) is 2.50. The molecule has 4 aliphatic rings. The van der Waals surface area contributed by atoms with Crippen molar-refractivity contribution in [2.75, 3.05) is 0 Å². The third-order valence-corrected chi connectivity index (χ3v) is 5.22. The van der Waals surface area contributed by atoms with E-state index in [4.69, 9.17) is 4.74 Å². The summed E-state index contributed by atoms with van der Waals surface area (Å²) < 4.78 is 5.57. The monoisotopic (exact) mass is 264 g/mol. The first kappa shape index (κ1) is 12.9. The lowest BCUT2D eigenvalue weighted by atomic mass is 9.45. The van der Waals surface area contributed by atoms with Crippen molar-refractivity contribution in [1.82, 2.24) is 0 Å². The molecule has 0 aromatic heterocycles. The second-order valence-corrected chi connectivity index (χ2v) is 6.88. The topological polar surface area (TPSA) is 63.6 Å². The van der Waals surface area contributed by atoms with E-state index in [0.717, 1.165) is 25.3 Å². The molecule has 4 saturated carbocycles. The molecule has 0 spiro atoms. The quantitative estimate of drug-likeness (QED) is 0.623. The SMILES string of the molecule is C=CC(=O)OC12CC3CC(O)(C1)CC(C(C)=O)(C3)C2. The predicted molar refractivity (Wildman–Crippen MR) is 68.3 cm³/mol. The van der Waals surface area contributed by atoms with E-state index in [1.165, 1.54) is 0 Å². The number of rotatable bonds is 3. The Morgan fingerprint density at radius 3 is 2.58 bits per heavy atom. The lowest BCUT2D eigenvalue weighted by Crippen LogP contribution is -2.65. The number of hydrogen-bond acceptors (Lipinski definition) is 4. The number of Topliss-reactive ketones (excluding diaryl/α,β-unsaturated/α-hetero) is 1. The summed E-state index contributed by atoms with van der Waals surface area (Å²) in [6.45, 7) is 5.02. The van der Waals surface area contributed by atoms with Gasteiger partial charge in [0.15, 0.2) is 0 Å². The molecule has 4 unspecified atom stereocenters. The fraction of sp³-hybridized carbons (Fsp3) is 0.733. The highest BCUT2D eigenvalue weighted by molar-refractivity contribution is 5.84. The molecule has 104 valence electrons. The second-order valence-electron chi connectivity index (χ2n) is 6.88. The maximum atomic E-state index is 12.1. The van der Waals surface area contributed by atoms with E-state index < -0.39 is 22.6 Å². The van der Waals surface area contributed by atoms with Crippen molar-refractivity contribution in [2.24, 2.45) is 11.3 Å². The van der Waals surface area contributed by atoms with Gasteiger partial charge >= 0.3 is 5.97 Å². The van der Waals surface area contributed by atoms with Crippen molar-refractivity contribution >= 4 is 11.8 Å². The number of ketones is 1. The lowest BCUT2D eigenvalue weighted by Gasteiger charge is -2.63. The maximum absolute atomic E-state index is 12.1. The fourth-order valence-electron chi connectivity index (χ4n) is 5.06. The number of carbonyl (C=O) groups is 2. The van der Waals surface area contributed by atoms with Gasteiger partial charge in [0.25, 0.3) is 0 Å². The zero-order chi connectivity index (χ0) is 13.9. The maximum Gasteiger partial charge on any atom is 0.330 e. The first-order valence-electron chi connectivity index (χ1n) is 6.89. The zero-order valence-corrected chi connectivity index (χ0v) is 11.3. The summed E-state index contributed by atoms with van der Waals surface area (Å²) in [5.41, 5.74) is -1.99. The Morgan fingerprint density at radius 2 is 2.00 bits per heavy atom. The van der Waals surface area contributed by atoms with E-state index in [0.29, 0.717) is 19.3 Å². The van der Waals surface area contributed by atoms with E-state index in [2.05, 4.69) is 6.58 Å². The van der Waals surface area contributed by atoms with Crippen LogP contribution in [0.4, 0.5) is 0 Å². The summed E-state index contributed by atoms with van der Waals surface area (Å²) in [6, 6.07) is 0. The number of esters is 1. The van der Waals surface area contributed by atoms with E-state index in [-0.39, 0.29) is 11.7 Å². The molecule has 0 aromatic rings. The largest absolute Gasteiger partial charge is 0.456 e. The summed E-state index contributed by atoms with van der Waals surface area (Å²) in [6.07, 6.45) is 5.04. The third-order valence-electron chi connectivity index (χ3n) is 5.22. The molecule has 4 atom stereocenters. The number of aliphatic hydroxyl groups is 1. The molecule has 4 nitrogen and oxygen atoms in total. The molecule has 0 radical (unpaired) electrons. The minimum absolute atomic E-state index is 0.119. The summed E-state index contributed by atoms with van der Waals surface area (Å²) in [5.74, 6) is -0.0546.